The second-order valence-corrected chi connectivity index (χ2v) is 7.79. The van der Waals surface area contributed by atoms with Gasteiger partial charge in [-0.1, -0.05) is 12.1 Å². The van der Waals surface area contributed by atoms with Crippen molar-refractivity contribution in [1.82, 2.24) is 9.55 Å². The summed E-state index contributed by atoms with van der Waals surface area (Å²) in [6.07, 6.45) is 5.17. The van der Waals surface area contributed by atoms with Crippen molar-refractivity contribution >= 4 is 34.5 Å². The Labute approximate surface area is 188 Å². The zero-order chi connectivity index (χ0) is 23.3. The third kappa shape index (κ3) is 3.47. The fraction of sp³-hybridized carbons (Fsp3) is 0.0800. The van der Waals surface area contributed by atoms with Gasteiger partial charge in [0.15, 0.2) is 5.76 Å². The van der Waals surface area contributed by atoms with Gasteiger partial charge in [-0.25, -0.2) is 4.98 Å². The first-order valence-electron chi connectivity index (χ1n) is 10.1. The van der Waals surface area contributed by atoms with Crippen LogP contribution in [0.25, 0.3) is 28.2 Å². The maximum atomic E-state index is 12.9. The van der Waals surface area contributed by atoms with Gasteiger partial charge in [0.05, 0.1) is 0 Å². The predicted octanol–water partition coefficient (Wildman–Crippen LogP) is 4.23. The van der Waals surface area contributed by atoms with Gasteiger partial charge in [0, 0.05) is 55.1 Å². The van der Waals surface area contributed by atoms with Crippen molar-refractivity contribution in [1.29, 1.82) is 0 Å². The topological polar surface area (TPSA) is 114 Å². The number of allylic oxidation sites excluding steroid dienone is 1. The van der Waals surface area contributed by atoms with E-state index in [1.165, 1.54) is 13.0 Å². The van der Waals surface area contributed by atoms with Crippen LogP contribution in [0.1, 0.15) is 22.8 Å². The smallest absolute Gasteiger partial charge is 0.235 e. The standard InChI is InChI=1S/C25H19N3O5/c1-13(29)27-16-5-3-14(4-6-16)18-7-8-26-25-22(18)15(12-28(25)2)9-21-24(32)23-19(31)10-17(30)11-20(23)33-21/h3-12,30-31H,1-2H3,(H,27,29)/b21-9-. The molecule has 33 heavy (non-hydrogen) atoms. The summed E-state index contributed by atoms with van der Waals surface area (Å²) in [5.74, 6) is -1.00. The molecule has 8 nitrogen and oxygen atoms in total. The summed E-state index contributed by atoms with van der Waals surface area (Å²) in [6.45, 7) is 1.45. The van der Waals surface area contributed by atoms with Gasteiger partial charge in [0.2, 0.25) is 11.7 Å². The molecule has 0 saturated heterocycles. The van der Waals surface area contributed by atoms with Crippen LogP contribution in [0.3, 0.4) is 0 Å². The lowest BCUT2D eigenvalue weighted by atomic mass is 10.00. The molecule has 1 aliphatic rings. The second kappa shape index (κ2) is 7.52. The molecule has 0 unspecified atom stereocenters. The fourth-order valence-electron chi connectivity index (χ4n) is 4.04. The number of rotatable bonds is 3. The number of amides is 1. The first-order chi connectivity index (χ1) is 15.8. The number of nitrogens with one attached hydrogen (secondary N) is 1. The highest BCUT2D eigenvalue weighted by Gasteiger charge is 2.31. The number of Topliss-reactive ketones (excluding diaryl/α,β-unsaturated/α-hetero) is 1. The molecular weight excluding hydrogens is 422 g/mol. The summed E-state index contributed by atoms with van der Waals surface area (Å²) < 4.78 is 7.52. The largest absolute Gasteiger partial charge is 0.508 e. The van der Waals surface area contributed by atoms with Gasteiger partial charge in [-0.2, -0.15) is 0 Å². The number of carbonyl (C=O) groups is 2. The quantitative estimate of drug-likeness (QED) is 0.410. The number of anilines is 1. The van der Waals surface area contributed by atoms with Gasteiger partial charge in [0.1, 0.15) is 28.5 Å². The fourth-order valence-corrected chi connectivity index (χ4v) is 4.04. The van der Waals surface area contributed by atoms with Crippen LogP contribution in [0.15, 0.2) is 60.6 Å². The Balaban J connectivity index is 1.62. The molecule has 2 aromatic heterocycles. The van der Waals surface area contributed by atoms with Gasteiger partial charge in [0.25, 0.3) is 0 Å². The van der Waals surface area contributed by atoms with E-state index in [0.717, 1.165) is 22.6 Å². The van der Waals surface area contributed by atoms with Crippen LogP contribution in [-0.4, -0.2) is 31.5 Å². The molecule has 0 saturated carbocycles. The summed E-state index contributed by atoms with van der Waals surface area (Å²) in [7, 11) is 1.86. The molecule has 2 aromatic carbocycles. The maximum Gasteiger partial charge on any atom is 0.235 e. The van der Waals surface area contributed by atoms with Crippen molar-refractivity contribution in [3.63, 3.8) is 0 Å². The van der Waals surface area contributed by atoms with Crippen LogP contribution in [0.5, 0.6) is 17.2 Å². The number of aromatic nitrogens is 2. The van der Waals surface area contributed by atoms with E-state index in [-0.39, 0.29) is 34.5 Å². The number of benzene rings is 2. The highest BCUT2D eigenvalue weighted by atomic mass is 16.5. The molecule has 0 bridgehead atoms. The Morgan fingerprint density at radius 2 is 1.91 bits per heavy atom. The van der Waals surface area contributed by atoms with Crippen molar-refractivity contribution in [3.05, 3.63) is 71.7 Å². The molecule has 3 N–H and O–H groups in total. The van der Waals surface area contributed by atoms with E-state index in [1.54, 1.807) is 12.3 Å². The third-order valence-electron chi connectivity index (χ3n) is 5.43. The van der Waals surface area contributed by atoms with Crippen molar-refractivity contribution in [2.24, 2.45) is 7.05 Å². The third-order valence-corrected chi connectivity index (χ3v) is 5.43. The van der Waals surface area contributed by atoms with Crippen molar-refractivity contribution in [3.8, 4) is 28.4 Å². The minimum Gasteiger partial charge on any atom is -0.508 e. The number of pyridine rings is 1. The zero-order valence-electron chi connectivity index (χ0n) is 17.8. The number of phenols is 2. The molecule has 0 atom stereocenters. The molecule has 1 aliphatic heterocycles. The molecule has 3 heterocycles. The van der Waals surface area contributed by atoms with Crippen LogP contribution in [-0.2, 0) is 11.8 Å². The molecule has 1 amide bonds. The van der Waals surface area contributed by atoms with E-state index in [0.29, 0.717) is 16.9 Å². The number of nitrogens with zero attached hydrogens (tertiary/aromatic N) is 2. The number of fused-ring (bicyclic) bond motifs is 2. The van der Waals surface area contributed by atoms with E-state index in [2.05, 4.69) is 10.3 Å². The SMILES string of the molecule is CC(=O)Nc1ccc(-c2ccnc3c2c(/C=C2\Oc4cc(O)cc(O)c4C2=O)cn3C)cc1. The van der Waals surface area contributed by atoms with E-state index in [9.17, 15) is 19.8 Å². The average Bonchev–Trinajstić information content (AvgIpc) is 3.25. The van der Waals surface area contributed by atoms with Crippen LogP contribution in [0, 0.1) is 0 Å². The highest BCUT2D eigenvalue weighted by Crippen LogP contribution is 2.41. The molecule has 5 rings (SSSR count). The highest BCUT2D eigenvalue weighted by molar-refractivity contribution is 6.17. The number of ketones is 1. The molecule has 0 radical (unpaired) electrons. The number of carbonyl (C=O) groups excluding carboxylic acids is 2. The second-order valence-electron chi connectivity index (χ2n) is 7.79. The summed E-state index contributed by atoms with van der Waals surface area (Å²) in [6, 6.07) is 11.7. The lowest BCUT2D eigenvalue weighted by molar-refractivity contribution is -0.114. The normalized spacial score (nSPS) is 13.9. The van der Waals surface area contributed by atoms with Gasteiger partial charge < -0.3 is 24.8 Å². The van der Waals surface area contributed by atoms with Gasteiger partial charge in [-0.3, -0.25) is 9.59 Å². The minimum atomic E-state index is -0.468. The summed E-state index contributed by atoms with van der Waals surface area (Å²) in [5, 5.41) is 23.4. The zero-order valence-corrected chi connectivity index (χ0v) is 17.8. The lowest BCUT2D eigenvalue weighted by Gasteiger charge is -2.07. The van der Waals surface area contributed by atoms with Crippen LogP contribution in [0.2, 0.25) is 0 Å². The molecule has 0 spiro atoms. The Morgan fingerprint density at radius 1 is 1.15 bits per heavy atom. The summed E-state index contributed by atoms with van der Waals surface area (Å²) in [4.78, 5) is 28.7. The number of aromatic hydroxyl groups is 2. The first-order valence-corrected chi connectivity index (χ1v) is 10.1. The maximum absolute atomic E-state index is 12.9. The van der Waals surface area contributed by atoms with Crippen molar-refractivity contribution in [2.45, 2.75) is 6.92 Å². The predicted molar refractivity (Wildman–Crippen MR) is 123 cm³/mol. The van der Waals surface area contributed by atoms with Gasteiger partial charge in [-0.05, 0) is 35.4 Å². The summed E-state index contributed by atoms with van der Waals surface area (Å²) in [5.41, 5.74) is 3.94. The number of phenolic OH excluding ortho intramolecular Hbond substituents is 2. The molecule has 164 valence electrons. The lowest BCUT2D eigenvalue weighted by Crippen LogP contribution is -2.05. The Hall–Kier alpha value is -4.59. The molecule has 8 heteroatoms. The Kier molecular flexibility index (Phi) is 4.63. The number of hydrogen-bond donors (Lipinski definition) is 3. The monoisotopic (exact) mass is 441 g/mol. The average molecular weight is 441 g/mol. The van der Waals surface area contributed by atoms with E-state index in [4.69, 9.17) is 4.74 Å². The molecular formula is C25H19N3O5. The van der Waals surface area contributed by atoms with Crippen molar-refractivity contribution < 1.29 is 24.5 Å². The van der Waals surface area contributed by atoms with Crippen LogP contribution in [0.4, 0.5) is 5.69 Å². The number of hydrogen-bond acceptors (Lipinski definition) is 6. The van der Waals surface area contributed by atoms with Crippen molar-refractivity contribution in [2.75, 3.05) is 5.32 Å². The molecule has 0 fully saturated rings. The number of ether oxygens (including phenoxy) is 1. The van der Waals surface area contributed by atoms with Crippen LogP contribution < -0.4 is 10.1 Å². The Morgan fingerprint density at radius 3 is 2.64 bits per heavy atom. The van der Waals surface area contributed by atoms with E-state index < -0.39 is 5.78 Å². The first kappa shape index (κ1) is 20.3. The number of aryl methyl sites for hydroxylation is 1. The Bertz CT molecular complexity index is 1480. The van der Waals surface area contributed by atoms with Crippen LogP contribution >= 0.6 is 0 Å². The summed E-state index contributed by atoms with van der Waals surface area (Å²) >= 11 is 0. The minimum absolute atomic E-state index is 0.0196. The van der Waals surface area contributed by atoms with Gasteiger partial charge in [-0.15, -0.1) is 0 Å². The van der Waals surface area contributed by atoms with Gasteiger partial charge >= 0.3 is 0 Å². The molecule has 4 aromatic rings. The van der Waals surface area contributed by atoms with E-state index >= 15 is 0 Å². The molecule has 0 aliphatic carbocycles. The van der Waals surface area contributed by atoms with E-state index in [1.807, 2.05) is 48.1 Å².